The number of aliphatic imine (C=N–C) groups is 1. The molecule has 420 valence electrons. The minimum Gasteiger partial charge on any atom is -0.493 e. The zero-order chi connectivity index (χ0) is 55.7. The summed E-state index contributed by atoms with van der Waals surface area (Å²) < 4.78 is 45.0. The van der Waals surface area contributed by atoms with Gasteiger partial charge in [0.2, 0.25) is 0 Å². The van der Waals surface area contributed by atoms with Crippen LogP contribution < -0.4 is 9.64 Å². The number of allylic oxidation sites excluding steroid dienone is 3. The van der Waals surface area contributed by atoms with Crippen LogP contribution in [0, 0.1) is 23.5 Å². The molecule has 2 saturated heterocycles. The molecule has 5 aliphatic rings. The van der Waals surface area contributed by atoms with Gasteiger partial charge in [-0.15, -0.1) is 0 Å². The Morgan fingerprint density at radius 2 is 1.65 bits per heavy atom. The third-order valence-electron chi connectivity index (χ3n) is 17.5. The van der Waals surface area contributed by atoms with E-state index in [1.165, 1.54) is 29.3 Å². The number of esters is 1. The number of halogens is 3. The summed E-state index contributed by atoms with van der Waals surface area (Å²) >= 11 is 7.39. The Hall–Kier alpha value is -5.89. The van der Waals surface area contributed by atoms with Crippen molar-refractivity contribution in [1.82, 2.24) is 19.3 Å². The Morgan fingerprint density at radius 3 is 2.41 bits per heavy atom. The topological polar surface area (TPSA) is 99.9 Å². The smallest absolute Gasteiger partial charge is 0.355 e. The summed E-state index contributed by atoms with van der Waals surface area (Å²) in [6.07, 6.45) is 9.55. The van der Waals surface area contributed by atoms with E-state index in [1.807, 2.05) is 62.9 Å². The maximum Gasteiger partial charge on any atom is 0.355 e. The van der Waals surface area contributed by atoms with E-state index >= 15 is 4.39 Å². The maximum atomic E-state index is 16.0. The number of rotatable bonds is 14. The molecule has 0 bridgehead atoms. The fourth-order valence-corrected chi connectivity index (χ4v) is 13.4. The number of likely N-dealkylation sites (tertiary alicyclic amines) is 1. The van der Waals surface area contributed by atoms with Crippen LogP contribution in [0.25, 0.3) is 27.2 Å². The number of amides is 1. The van der Waals surface area contributed by atoms with Crippen molar-refractivity contribution in [3.05, 3.63) is 122 Å². The average Bonchev–Trinajstić information content (AvgIpc) is 4.12. The first-order chi connectivity index (χ1) is 38.0. The molecule has 3 fully saturated rings. The highest BCUT2D eigenvalue weighted by Gasteiger charge is 2.38. The monoisotopic (exact) mass is 1100 g/mol. The molecular formula is C65H79ClF2N6O5. The number of ether oxygens (including phenoxy) is 2. The highest BCUT2D eigenvalue weighted by Crippen LogP contribution is 2.42. The maximum absolute atomic E-state index is 16.0. The predicted octanol–water partition coefficient (Wildman–Crippen LogP) is 13.3. The average molecular weight is 1100 g/mol. The zero-order valence-corrected chi connectivity index (χ0v) is 48.3. The zero-order valence-electron chi connectivity index (χ0n) is 47.5. The molecule has 1 amide bonds. The largest absolute Gasteiger partial charge is 0.493 e. The van der Waals surface area contributed by atoms with Gasteiger partial charge < -0.3 is 28.7 Å². The molecule has 5 heterocycles. The van der Waals surface area contributed by atoms with Gasteiger partial charge in [-0.25, -0.2) is 13.6 Å². The van der Waals surface area contributed by atoms with Gasteiger partial charge in [0, 0.05) is 105 Å². The molecule has 10 rings (SSSR count). The summed E-state index contributed by atoms with van der Waals surface area (Å²) in [4.78, 5) is 55.1. The van der Waals surface area contributed by atoms with Crippen molar-refractivity contribution < 1.29 is 32.6 Å². The second kappa shape index (κ2) is 24.1. The fraction of sp³-hybridized carbons (Fsp3) is 0.508. The van der Waals surface area contributed by atoms with Crippen LogP contribution in [0.15, 0.2) is 82.9 Å². The SMILES string of the molecule is C/C=C1\CCCC(=O)CCC1N1Cc2cc(N3CCN(CC4CCN(CCn5c(C(=O)OC(C)(C)C)c(CCCOc6cccc7cc(F)ccc67)c6ccc(Cl)c(C7=C(C)C(C)CCN=C7C)c65)CC4)CC3)c(F)cc2C1=O. The predicted molar refractivity (Wildman–Crippen MR) is 314 cm³/mol. The number of piperazine rings is 1. The molecule has 0 spiro atoms. The molecule has 4 aromatic carbocycles. The Bertz CT molecular complexity index is 3230. The number of hydrogen-bond donors (Lipinski definition) is 0. The molecule has 1 aromatic heterocycles. The van der Waals surface area contributed by atoms with E-state index in [1.54, 1.807) is 6.07 Å². The highest BCUT2D eigenvalue weighted by atomic mass is 35.5. The first kappa shape index (κ1) is 56.4. The Kier molecular flexibility index (Phi) is 17.2. The van der Waals surface area contributed by atoms with Gasteiger partial charge >= 0.3 is 5.97 Å². The quantitative estimate of drug-likeness (QED) is 0.0616. The Morgan fingerprint density at radius 1 is 0.873 bits per heavy atom. The lowest BCUT2D eigenvalue weighted by atomic mass is 9.88. The molecule has 2 atom stereocenters. The van der Waals surface area contributed by atoms with Crippen LogP contribution in [-0.2, 0) is 29.0 Å². The summed E-state index contributed by atoms with van der Waals surface area (Å²) in [5.74, 6) is 0.597. The number of carbonyl (C=O) groups is 3. The number of ketones is 1. The summed E-state index contributed by atoms with van der Waals surface area (Å²) in [5, 5.41) is 3.21. The van der Waals surface area contributed by atoms with Gasteiger partial charge in [0.15, 0.2) is 0 Å². The minimum atomic E-state index is -0.738. The Labute approximate surface area is 470 Å². The van der Waals surface area contributed by atoms with Gasteiger partial charge in [0.1, 0.15) is 34.5 Å². The van der Waals surface area contributed by atoms with Gasteiger partial charge in [0.25, 0.3) is 5.91 Å². The van der Waals surface area contributed by atoms with Crippen LogP contribution in [0.5, 0.6) is 5.75 Å². The molecular weight excluding hydrogens is 1020 g/mol. The number of aryl methyl sites for hydroxylation is 1. The first-order valence-electron chi connectivity index (χ1n) is 29.1. The molecule has 79 heavy (non-hydrogen) atoms. The van der Waals surface area contributed by atoms with E-state index in [9.17, 15) is 18.8 Å². The van der Waals surface area contributed by atoms with Gasteiger partial charge in [-0.3, -0.25) is 19.5 Å². The van der Waals surface area contributed by atoms with Crippen LogP contribution in [0.2, 0.25) is 5.02 Å². The number of anilines is 1. The van der Waals surface area contributed by atoms with Crippen molar-refractivity contribution in [3.63, 3.8) is 0 Å². The molecule has 14 heteroatoms. The fourth-order valence-electron chi connectivity index (χ4n) is 13.1. The number of hydrogen-bond acceptors (Lipinski definition) is 9. The second-order valence-corrected chi connectivity index (χ2v) is 24.3. The van der Waals surface area contributed by atoms with E-state index in [0.717, 1.165) is 128 Å². The van der Waals surface area contributed by atoms with E-state index in [-0.39, 0.29) is 35.3 Å². The standard InChI is InChI=1S/C65H79ClF2N6O5/c1-8-45-12-9-14-49(75)18-22-56(45)74-40-47-37-57(55(68)38-53(47)63(74)76)72-32-29-71(30-33-72)39-44-24-27-70(28-25-44)31-34-73-61-52(20-21-54(66)60(61)59-42(3)41(2)23-26-69-43(59)4)51(62(73)64(77)79-65(5,6)7)15-11-35-78-58-16-10-13-46-36-48(67)17-19-50(46)58/h8,10,13,16-17,19-21,36-38,41,44,56H,9,11-12,14-15,18,22-35,39-40H2,1-7H3/b45-8+. The molecule has 4 aliphatic heterocycles. The molecule has 5 aromatic rings. The van der Waals surface area contributed by atoms with E-state index in [2.05, 4.69) is 52.2 Å². The number of fused-ring (bicyclic) bond motifs is 3. The molecule has 11 nitrogen and oxygen atoms in total. The molecule has 1 aliphatic carbocycles. The summed E-state index contributed by atoms with van der Waals surface area (Å²) in [7, 11) is 0. The summed E-state index contributed by atoms with van der Waals surface area (Å²) in [6, 6.07) is 17.6. The van der Waals surface area contributed by atoms with Crippen LogP contribution >= 0.6 is 11.6 Å². The van der Waals surface area contributed by atoms with Crippen LogP contribution in [-0.4, -0.2) is 120 Å². The second-order valence-electron chi connectivity index (χ2n) is 23.9. The van der Waals surface area contributed by atoms with E-state index < -0.39 is 5.60 Å². The van der Waals surface area contributed by atoms with Crippen molar-refractivity contribution in [3.8, 4) is 5.75 Å². The minimum absolute atomic E-state index is 0.141. The van der Waals surface area contributed by atoms with Crippen molar-refractivity contribution >= 4 is 67.9 Å². The van der Waals surface area contributed by atoms with Gasteiger partial charge in [-0.2, -0.15) is 0 Å². The molecule has 1 saturated carbocycles. The third-order valence-corrected chi connectivity index (χ3v) is 17.8. The lowest BCUT2D eigenvalue weighted by molar-refractivity contribution is -0.119. The normalized spacial score (nSPS) is 21.0. The number of benzene rings is 4. The van der Waals surface area contributed by atoms with Gasteiger partial charge in [-0.1, -0.05) is 53.9 Å². The van der Waals surface area contributed by atoms with Gasteiger partial charge in [-0.05, 0) is 177 Å². The third kappa shape index (κ3) is 12.2. The van der Waals surface area contributed by atoms with Crippen LogP contribution in [0.3, 0.4) is 0 Å². The summed E-state index contributed by atoms with van der Waals surface area (Å²) in [6.45, 7) is 23.0. The lowest BCUT2D eigenvalue weighted by Crippen LogP contribution is -2.49. The number of carbonyl (C=O) groups excluding carboxylic acids is 3. The molecule has 0 N–H and O–H groups in total. The van der Waals surface area contributed by atoms with Crippen molar-refractivity contribution in [2.24, 2.45) is 16.8 Å². The van der Waals surface area contributed by atoms with E-state index in [4.69, 9.17) is 26.1 Å². The Balaban J connectivity index is 0.833. The highest BCUT2D eigenvalue weighted by molar-refractivity contribution is 6.38. The summed E-state index contributed by atoms with van der Waals surface area (Å²) in [5.41, 5.74) is 8.83. The number of Topliss-reactive ketones (excluding diaryl/α,β-unsaturated/α-hetero) is 1. The first-order valence-corrected chi connectivity index (χ1v) is 29.4. The molecule has 0 radical (unpaired) electrons. The van der Waals surface area contributed by atoms with E-state index in [0.29, 0.717) is 104 Å². The molecule has 2 unspecified atom stereocenters. The lowest BCUT2D eigenvalue weighted by Gasteiger charge is -2.39. The number of aromatic nitrogens is 1. The van der Waals surface area contributed by atoms with Gasteiger partial charge in [0.05, 0.1) is 28.9 Å². The van der Waals surface area contributed by atoms with Crippen LogP contribution in [0.1, 0.15) is 144 Å². The van der Waals surface area contributed by atoms with Crippen LogP contribution in [0.4, 0.5) is 14.5 Å². The van der Waals surface area contributed by atoms with Crippen molar-refractivity contribution in [2.75, 3.05) is 70.4 Å². The van der Waals surface area contributed by atoms with Crippen molar-refractivity contribution in [1.29, 1.82) is 0 Å². The number of nitrogens with zero attached hydrogens (tertiary/aromatic N) is 6. The van der Waals surface area contributed by atoms with Crippen molar-refractivity contribution in [2.45, 2.75) is 137 Å². The number of piperidine rings is 1.